The minimum atomic E-state index is -0.138. The highest BCUT2D eigenvalue weighted by Crippen LogP contribution is 2.57. The Labute approximate surface area is 174 Å². The number of benzene rings is 1. The van der Waals surface area contributed by atoms with E-state index >= 15 is 0 Å². The Bertz CT molecular complexity index is 781. The molecule has 0 bridgehead atoms. The van der Waals surface area contributed by atoms with E-state index in [0.29, 0.717) is 5.92 Å². The van der Waals surface area contributed by atoms with E-state index in [0.717, 1.165) is 64.4 Å². The summed E-state index contributed by atoms with van der Waals surface area (Å²) in [6.45, 7) is 4.73. The van der Waals surface area contributed by atoms with E-state index < -0.39 is 0 Å². The number of hydrogen-bond acceptors (Lipinski definition) is 4. The van der Waals surface area contributed by atoms with Crippen molar-refractivity contribution in [1.29, 1.82) is 0 Å². The van der Waals surface area contributed by atoms with E-state index in [2.05, 4.69) is 19.1 Å². The molecule has 5 atom stereocenters. The molecular weight excluding hydrogens is 364 g/mol. The highest BCUT2D eigenvalue weighted by atomic mass is 16.7. The fourth-order valence-electron chi connectivity index (χ4n) is 6.52. The highest BCUT2D eigenvalue weighted by molar-refractivity contribution is 5.66. The third kappa shape index (κ3) is 3.53. The molecule has 158 valence electrons. The molecule has 3 aliphatic carbocycles. The van der Waals surface area contributed by atoms with Crippen molar-refractivity contribution in [3.05, 3.63) is 34.4 Å². The SMILES string of the molecule is CC(=O)O[C@@H]1CCC2c3ccc4c(c3CCC21C)CC[C@H](OC1CCCCO1)C4. The van der Waals surface area contributed by atoms with Crippen molar-refractivity contribution in [2.45, 2.75) is 102 Å². The molecule has 0 radical (unpaired) electrons. The fourth-order valence-corrected chi connectivity index (χ4v) is 6.52. The van der Waals surface area contributed by atoms with Gasteiger partial charge in [0.15, 0.2) is 6.29 Å². The molecule has 0 aromatic heterocycles. The molecule has 1 heterocycles. The number of rotatable bonds is 3. The maximum absolute atomic E-state index is 11.6. The zero-order valence-corrected chi connectivity index (χ0v) is 17.9. The standard InChI is InChI=1S/C25H34O4/c1-16(26)28-23-11-10-22-21-8-6-17-15-18(29-24-5-3-4-14-27-24)7-9-19(17)20(21)12-13-25(22,23)2/h6,8,18,22-24H,3-5,7,9-15H2,1-2H3/t18-,22?,23+,24?,25?/m0/s1. The minimum absolute atomic E-state index is 0.00494. The molecular formula is C25H34O4. The number of ether oxygens (including phenoxy) is 3. The van der Waals surface area contributed by atoms with Gasteiger partial charge in [-0.1, -0.05) is 19.1 Å². The summed E-state index contributed by atoms with van der Waals surface area (Å²) >= 11 is 0. The average Bonchev–Trinajstić information content (AvgIpc) is 3.04. The van der Waals surface area contributed by atoms with Gasteiger partial charge in [-0.25, -0.2) is 0 Å². The van der Waals surface area contributed by atoms with Gasteiger partial charge < -0.3 is 14.2 Å². The lowest BCUT2D eigenvalue weighted by atomic mass is 9.64. The Hall–Kier alpha value is -1.39. The largest absolute Gasteiger partial charge is 0.462 e. The molecule has 4 heteroatoms. The van der Waals surface area contributed by atoms with Crippen molar-refractivity contribution < 1.29 is 19.0 Å². The normalized spacial score (nSPS) is 36.1. The van der Waals surface area contributed by atoms with E-state index in [1.807, 2.05) is 0 Å². The zero-order valence-electron chi connectivity index (χ0n) is 17.9. The van der Waals surface area contributed by atoms with Gasteiger partial charge in [-0.3, -0.25) is 4.79 Å². The molecule has 0 spiro atoms. The highest BCUT2D eigenvalue weighted by Gasteiger charge is 2.51. The van der Waals surface area contributed by atoms with Crippen LogP contribution in [0.15, 0.2) is 12.1 Å². The summed E-state index contributed by atoms with van der Waals surface area (Å²) in [7, 11) is 0. The molecule has 5 rings (SSSR count). The van der Waals surface area contributed by atoms with Crippen molar-refractivity contribution in [2.24, 2.45) is 5.41 Å². The van der Waals surface area contributed by atoms with Crippen molar-refractivity contribution in [1.82, 2.24) is 0 Å². The minimum Gasteiger partial charge on any atom is -0.462 e. The summed E-state index contributed by atoms with van der Waals surface area (Å²) in [5, 5.41) is 0. The molecule has 2 fully saturated rings. The van der Waals surface area contributed by atoms with Gasteiger partial charge in [-0.05, 0) is 92.4 Å². The Balaban J connectivity index is 1.34. The van der Waals surface area contributed by atoms with Gasteiger partial charge in [0.1, 0.15) is 6.10 Å². The Kier molecular flexibility index (Phi) is 5.19. The van der Waals surface area contributed by atoms with Crippen molar-refractivity contribution in [3.8, 4) is 0 Å². The summed E-state index contributed by atoms with van der Waals surface area (Å²) in [6, 6.07) is 4.74. The van der Waals surface area contributed by atoms with Crippen LogP contribution in [0.2, 0.25) is 0 Å². The molecule has 29 heavy (non-hydrogen) atoms. The van der Waals surface area contributed by atoms with Crippen LogP contribution < -0.4 is 0 Å². The summed E-state index contributed by atoms with van der Waals surface area (Å²) < 4.78 is 17.8. The van der Waals surface area contributed by atoms with Gasteiger partial charge in [-0.15, -0.1) is 0 Å². The second-order valence-corrected chi connectivity index (χ2v) is 9.80. The molecule has 4 aliphatic rings. The van der Waals surface area contributed by atoms with Crippen LogP contribution in [0.4, 0.5) is 0 Å². The van der Waals surface area contributed by atoms with Crippen LogP contribution >= 0.6 is 0 Å². The second kappa shape index (κ2) is 7.70. The number of carbonyl (C=O) groups is 1. The van der Waals surface area contributed by atoms with Gasteiger partial charge in [-0.2, -0.15) is 0 Å². The molecule has 4 nitrogen and oxygen atoms in total. The Morgan fingerprint density at radius 1 is 1.10 bits per heavy atom. The lowest BCUT2D eigenvalue weighted by molar-refractivity contribution is -0.189. The van der Waals surface area contributed by atoms with E-state index in [1.54, 1.807) is 18.1 Å². The van der Waals surface area contributed by atoms with Crippen LogP contribution in [0.1, 0.15) is 87.0 Å². The quantitative estimate of drug-likeness (QED) is 0.683. The Morgan fingerprint density at radius 2 is 2.00 bits per heavy atom. The van der Waals surface area contributed by atoms with Crippen LogP contribution in [0.3, 0.4) is 0 Å². The predicted octanol–water partition coefficient (Wildman–Crippen LogP) is 4.85. The second-order valence-electron chi connectivity index (χ2n) is 9.80. The summed E-state index contributed by atoms with van der Waals surface area (Å²) in [5.41, 5.74) is 6.28. The topological polar surface area (TPSA) is 44.8 Å². The molecule has 1 aliphatic heterocycles. The van der Waals surface area contributed by atoms with Gasteiger partial charge in [0.05, 0.1) is 6.10 Å². The van der Waals surface area contributed by atoms with Gasteiger partial charge >= 0.3 is 5.97 Å². The monoisotopic (exact) mass is 398 g/mol. The van der Waals surface area contributed by atoms with Crippen LogP contribution in [-0.2, 0) is 38.3 Å². The third-order valence-corrected chi connectivity index (χ3v) is 8.06. The summed E-state index contributed by atoms with van der Waals surface area (Å²) in [5.74, 6) is 0.381. The Morgan fingerprint density at radius 3 is 2.79 bits per heavy atom. The van der Waals surface area contributed by atoms with Gasteiger partial charge in [0, 0.05) is 18.9 Å². The van der Waals surface area contributed by atoms with Crippen LogP contribution in [0.5, 0.6) is 0 Å². The lowest BCUT2D eigenvalue weighted by Gasteiger charge is -2.42. The molecule has 1 saturated heterocycles. The summed E-state index contributed by atoms with van der Waals surface area (Å²) in [6.07, 6.45) is 11.4. The van der Waals surface area contributed by atoms with Crippen molar-refractivity contribution in [3.63, 3.8) is 0 Å². The molecule has 1 aromatic carbocycles. The number of esters is 1. The average molecular weight is 399 g/mol. The fraction of sp³-hybridized carbons (Fsp3) is 0.720. The first-order chi connectivity index (χ1) is 14.0. The van der Waals surface area contributed by atoms with Crippen molar-refractivity contribution in [2.75, 3.05) is 6.61 Å². The first-order valence-corrected chi connectivity index (χ1v) is 11.6. The number of carbonyl (C=O) groups excluding carboxylic acids is 1. The van der Waals surface area contributed by atoms with E-state index in [4.69, 9.17) is 14.2 Å². The van der Waals surface area contributed by atoms with E-state index in [1.165, 1.54) is 17.5 Å². The molecule has 0 amide bonds. The lowest BCUT2D eigenvalue weighted by Crippen LogP contribution is -2.38. The molecule has 0 N–H and O–H groups in total. The molecule has 1 saturated carbocycles. The van der Waals surface area contributed by atoms with Crippen LogP contribution in [0, 0.1) is 5.41 Å². The molecule has 3 unspecified atom stereocenters. The maximum Gasteiger partial charge on any atom is 0.302 e. The first kappa shape index (κ1) is 19.6. The first-order valence-electron chi connectivity index (χ1n) is 11.6. The maximum atomic E-state index is 11.6. The number of hydrogen-bond donors (Lipinski definition) is 0. The summed E-state index contributed by atoms with van der Waals surface area (Å²) in [4.78, 5) is 11.6. The van der Waals surface area contributed by atoms with Gasteiger partial charge in [0.2, 0.25) is 0 Å². The molecule has 1 aromatic rings. The zero-order chi connectivity index (χ0) is 20.0. The smallest absolute Gasteiger partial charge is 0.302 e. The van der Waals surface area contributed by atoms with Crippen molar-refractivity contribution >= 4 is 5.97 Å². The predicted molar refractivity (Wildman–Crippen MR) is 111 cm³/mol. The van der Waals surface area contributed by atoms with E-state index in [-0.39, 0.29) is 29.9 Å². The third-order valence-electron chi connectivity index (χ3n) is 8.06. The van der Waals surface area contributed by atoms with Crippen LogP contribution in [0.25, 0.3) is 0 Å². The van der Waals surface area contributed by atoms with Crippen LogP contribution in [-0.4, -0.2) is 31.1 Å². The van der Waals surface area contributed by atoms with E-state index in [9.17, 15) is 4.79 Å². The van der Waals surface area contributed by atoms with Gasteiger partial charge in [0.25, 0.3) is 0 Å². The number of fused-ring (bicyclic) bond motifs is 5.